The quantitative estimate of drug-likeness (QED) is 0.685. The third kappa shape index (κ3) is 3.62. The molecule has 0 aromatic carbocycles. The molecule has 2 aromatic heterocycles. The Hall–Kier alpha value is -2.21. The van der Waals surface area contributed by atoms with Gasteiger partial charge in [-0.1, -0.05) is 0 Å². The second-order valence-electron chi connectivity index (χ2n) is 4.01. The van der Waals surface area contributed by atoms with Crippen LogP contribution in [0, 0.1) is 0 Å². The van der Waals surface area contributed by atoms with Crippen LogP contribution in [0.15, 0.2) is 41.8 Å². The van der Waals surface area contributed by atoms with E-state index >= 15 is 0 Å². The van der Waals surface area contributed by atoms with Gasteiger partial charge in [0, 0.05) is 36.9 Å². The van der Waals surface area contributed by atoms with Gasteiger partial charge in [0.2, 0.25) is 0 Å². The van der Waals surface area contributed by atoms with E-state index in [2.05, 4.69) is 15.5 Å². The minimum absolute atomic E-state index is 0.247. The summed E-state index contributed by atoms with van der Waals surface area (Å²) in [5.41, 5.74) is 3.02. The molecule has 0 fully saturated rings. The summed E-state index contributed by atoms with van der Waals surface area (Å²) in [4.78, 5) is 18.6. The summed E-state index contributed by atoms with van der Waals surface area (Å²) in [5.74, 6) is -0.247. The number of nitrogens with one attached hydrogen (secondary N) is 1. The van der Waals surface area contributed by atoms with Gasteiger partial charge in [-0.15, -0.1) is 11.3 Å². The first kappa shape index (κ1) is 13.2. The SMILES string of the molecule is CN(C)c1ccc(C=NNC(=O)c2ccncc2)s1. The van der Waals surface area contributed by atoms with Crippen LogP contribution in [-0.4, -0.2) is 31.2 Å². The van der Waals surface area contributed by atoms with Crippen LogP contribution >= 0.6 is 11.3 Å². The summed E-state index contributed by atoms with van der Waals surface area (Å²) < 4.78 is 0. The van der Waals surface area contributed by atoms with Gasteiger partial charge in [0.15, 0.2) is 0 Å². The number of nitrogens with zero attached hydrogens (tertiary/aromatic N) is 3. The lowest BCUT2D eigenvalue weighted by molar-refractivity contribution is 0.0955. The summed E-state index contributed by atoms with van der Waals surface area (Å²) >= 11 is 1.60. The Morgan fingerprint density at radius 1 is 1.32 bits per heavy atom. The number of hydrogen-bond donors (Lipinski definition) is 1. The number of thiophene rings is 1. The molecule has 2 rings (SSSR count). The van der Waals surface area contributed by atoms with Crippen molar-refractivity contribution in [1.29, 1.82) is 0 Å². The molecule has 2 heterocycles. The molecule has 6 heteroatoms. The second-order valence-corrected chi connectivity index (χ2v) is 5.10. The molecule has 0 aliphatic carbocycles. The van der Waals surface area contributed by atoms with Crippen molar-refractivity contribution < 1.29 is 4.79 Å². The summed E-state index contributed by atoms with van der Waals surface area (Å²) in [6, 6.07) is 7.25. The lowest BCUT2D eigenvalue weighted by atomic mass is 10.3. The molecule has 0 aliphatic heterocycles. The van der Waals surface area contributed by atoms with E-state index in [9.17, 15) is 4.79 Å². The highest BCUT2D eigenvalue weighted by Crippen LogP contribution is 2.22. The molecule has 2 aromatic rings. The van der Waals surface area contributed by atoms with E-state index in [1.54, 1.807) is 42.1 Å². The predicted molar refractivity (Wildman–Crippen MR) is 77.9 cm³/mol. The topological polar surface area (TPSA) is 57.6 Å². The molecule has 1 N–H and O–H groups in total. The van der Waals surface area contributed by atoms with Gasteiger partial charge in [-0.25, -0.2) is 5.43 Å². The van der Waals surface area contributed by atoms with Gasteiger partial charge in [0.05, 0.1) is 11.2 Å². The highest BCUT2D eigenvalue weighted by atomic mass is 32.1. The van der Waals surface area contributed by atoms with Crippen molar-refractivity contribution in [2.24, 2.45) is 5.10 Å². The average Bonchev–Trinajstić information content (AvgIpc) is 2.89. The fourth-order valence-corrected chi connectivity index (χ4v) is 2.18. The fraction of sp³-hybridized carbons (Fsp3) is 0.154. The second kappa shape index (κ2) is 6.10. The number of anilines is 1. The molecule has 98 valence electrons. The van der Waals surface area contributed by atoms with Crippen LogP contribution in [0.3, 0.4) is 0 Å². The first-order valence-electron chi connectivity index (χ1n) is 5.67. The molecule has 0 spiro atoms. The first-order chi connectivity index (χ1) is 9.16. The molecule has 0 atom stereocenters. The maximum absolute atomic E-state index is 11.7. The van der Waals surface area contributed by atoms with Crippen molar-refractivity contribution in [3.05, 3.63) is 47.1 Å². The van der Waals surface area contributed by atoms with Gasteiger partial charge in [-0.05, 0) is 24.3 Å². The van der Waals surface area contributed by atoms with Crippen LogP contribution in [0.4, 0.5) is 5.00 Å². The monoisotopic (exact) mass is 274 g/mol. The van der Waals surface area contributed by atoms with Crippen LogP contribution in [-0.2, 0) is 0 Å². The van der Waals surface area contributed by atoms with Crippen molar-refractivity contribution in [1.82, 2.24) is 10.4 Å². The Morgan fingerprint density at radius 3 is 2.68 bits per heavy atom. The molecule has 0 unspecified atom stereocenters. The minimum atomic E-state index is -0.247. The molecular formula is C13H14N4OS. The Balaban J connectivity index is 1.94. The molecule has 19 heavy (non-hydrogen) atoms. The normalized spacial score (nSPS) is 10.6. The van der Waals surface area contributed by atoms with Crippen LogP contribution < -0.4 is 10.3 Å². The molecule has 0 bridgehead atoms. The molecule has 0 saturated heterocycles. The van der Waals surface area contributed by atoms with Crippen molar-refractivity contribution in [2.45, 2.75) is 0 Å². The number of amides is 1. The van der Waals surface area contributed by atoms with Gasteiger partial charge in [0.25, 0.3) is 5.91 Å². The number of hydrazone groups is 1. The van der Waals surface area contributed by atoms with E-state index in [1.807, 2.05) is 31.1 Å². The van der Waals surface area contributed by atoms with Crippen LogP contribution in [0.2, 0.25) is 0 Å². The van der Waals surface area contributed by atoms with Crippen LogP contribution in [0.25, 0.3) is 0 Å². The lowest BCUT2D eigenvalue weighted by Crippen LogP contribution is -2.17. The van der Waals surface area contributed by atoms with Crippen LogP contribution in [0.1, 0.15) is 15.2 Å². The molecular weight excluding hydrogens is 260 g/mol. The summed E-state index contributed by atoms with van der Waals surface area (Å²) in [7, 11) is 3.97. The molecule has 0 saturated carbocycles. The summed E-state index contributed by atoms with van der Waals surface area (Å²) in [5, 5.41) is 5.08. The van der Waals surface area contributed by atoms with Gasteiger partial charge in [0.1, 0.15) is 0 Å². The average molecular weight is 274 g/mol. The maximum atomic E-state index is 11.7. The summed E-state index contributed by atoms with van der Waals surface area (Å²) in [6.07, 6.45) is 4.78. The minimum Gasteiger partial charge on any atom is -0.370 e. The number of carbonyl (C=O) groups excluding carboxylic acids is 1. The van der Waals surface area contributed by atoms with Crippen LogP contribution in [0.5, 0.6) is 0 Å². The first-order valence-corrected chi connectivity index (χ1v) is 6.49. The standard InChI is InChI=1S/C13H14N4OS/c1-17(2)12-4-3-11(19-12)9-15-16-13(18)10-5-7-14-8-6-10/h3-9H,1-2H3,(H,16,18). The lowest BCUT2D eigenvalue weighted by Gasteiger charge is -2.06. The number of pyridine rings is 1. The zero-order valence-electron chi connectivity index (χ0n) is 10.7. The highest BCUT2D eigenvalue weighted by molar-refractivity contribution is 7.17. The van der Waals surface area contributed by atoms with E-state index < -0.39 is 0 Å². The fourth-order valence-electron chi connectivity index (χ4n) is 1.37. The van der Waals surface area contributed by atoms with Crippen molar-refractivity contribution >= 4 is 28.5 Å². The zero-order valence-corrected chi connectivity index (χ0v) is 11.5. The smallest absolute Gasteiger partial charge is 0.271 e. The van der Waals surface area contributed by atoms with Gasteiger partial charge in [-0.2, -0.15) is 5.10 Å². The Kier molecular flexibility index (Phi) is 4.25. The molecule has 0 radical (unpaired) electrons. The van der Waals surface area contributed by atoms with Gasteiger partial charge in [-0.3, -0.25) is 9.78 Å². The third-order valence-electron chi connectivity index (χ3n) is 2.35. The van der Waals surface area contributed by atoms with Crippen molar-refractivity contribution in [3.8, 4) is 0 Å². The van der Waals surface area contributed by atoms with Gasteiger partial charge >= 0.3 is 0 Å². The highest BCUT2D eigenvalue weighted by Gasteiger charge is 2.02. The molecule has 5 nitrogen and oxygen atoms in total. The number of rotatable bonds is 4. The molecule has 0 aliphatic rings. The van der Waals surface area contributed by atoms with E-state index in [-0.39, 0.29) is 5.91 Å². The Labute approximate surface area is 115 Å². The third-order valence-corrected chi connectivity index (χ3v) is 3.54. The molecule has 1 amide bonds. The van der Waals surface area contributed by atoms with E-state index in [0.717, 1.165) is 9.88 Å². The zero-order chi connectivity index (χ0) is 13.7. The Morgan fingerprint density at radius 2 is 2.05 bits per heavy atom. The number of carbonyl (C=O) groups is 1. The van der Waals surface area contributed by atoms with Gasteiger partial charge < -0.3 is 4.90 Å². The van der Waals surface area contributed by atoms with Crippen molar-refractivity contribution in [2.75, 3.05) is 19.0 Å². The maximum Gasteiger partial charge on any atom is 0.271 e. The number of aromatic nitrogens is 1. The van der Waals surface area contributed by atoms with Crippen molar-refractivity contribution in [3.63, 3.8) is 0 Å². The summed E-state index contributed by atoms with van der Waals surface area (Å²) in [6.45, 7) is 0. The van der Waals surface area contributed by atoms with E-state index in [0.29, 0.717) is 5.56 Å². The largest absolute Gasteiger partial charge is 0.370 e. The van der Waals surface area contributed by atoms with E-state index in [4.69, 9.17) is 0 Å². The Bertz CT molecular complexity index is 577. The predicted octanol–water partition coefficient (Wildman–Crippen LogP) is 1.97. The van der Waals surface area contributed by atoms with E-state index in [1.165, 1.54) is 0 Å². The number of hydrogen-bond acceptors (Lipinski definition) is 5.